The van der Waals surface area contributed by atoms with E-state index in [9.17, 15) is 9.59 Å². The van der Waals surface area contributed by atoms with Gasteiger partial charge in [-0.3, -0.25) is 9.59 Å². The molecule has 0 aromatic carbocycles. The first kappa shape index (κ1) is 16.5. The van der Waals surface area contributed by atoms with Crippen molar-refractivity contribution in [1.29, 1.82) is 5.26 Å². The third kappa shape index (κ3) is 3.42. The molecule has 3 rings (SSSR count). The van der Waals surface area contributed by atoms with Crippen molar-refractivity contribution in [2.75, 3.05) is 11.1 Å². The topological polar surface area (TPSA) is 109 Å². The van der Waals surface area contributed by atoms with E-state index in [1.54, 1.807) is 12.1 Å². The molecule has 0 saturated carbocycles. The fourth-order valence-corrected chi connectivity index (χ4v) is 4.62. The van der Waals surface area contributed by atoms with Crippen molar-refractivity contribution in [3.05, 3.63) is 39.9 Å². The lowest BCUT2D eigenvalue weighted by Gasteiger charge is -2.06. The molecular weight excluding hydrogens is 344 g/mol. The Labute approximate surface area is 147 Å². The van der Waals surface area contributed by atoms with Gasteiger partial charge in [-0.2, -0.15) is 5.26 Å². The van der Waals surface area contributed by atoms with Crippen molar-refractivity contribution in [2.24, 2.45) is 5.73 Å². The highest BCUT2D eigenvalue weighted by atomic mass is 32.2. The van der Waals surface area contributed by atoms with E-state index in [1.165, 1.54) is 29.3 Å². The van der Waals surface area contributed by atoms with Crippen molar-refractivity contribution in [1.82, 2.24) is 4.98 Å². The van der Waals surface area contributed by atoms with Crippen LogP contribution in [0.25, 0.3) is 0 Å². The molecule has 0 bridgehead atoms. The van der Waals surface area contributed by atoms with E-state index in [2.05, 4.69) is 10.3 Å². The number of carbonyl (C=O) groups is 2. The minimum atomic E-state index is -0.499. The highest BCUT2D eigenvalue weighted by Gasteiger charge is 2.26. The first-order valence-corrected chi connectivity index (χ1v) is 9.12. The van der Waals surface area contributed by atoms with Crippen LogP contribution in [0.1, 0.15) is 32.8 Å². The second-order valence-corrected chi connectivity index (χ2v) is 7.36. The zero-order valence-electron chi connectivity index (χ0n) is 12.7. The molecule has 2 aromatic heterocycles. The third-order valence-corrected chi connectivity index (χ3v) is 5.77. The smallest absolute Gasteiger partial charge is 0.251 e. The number of hydrogen-bond donors (Lipinski definition) is 2. The molecule has 2 amide bonds. The van der Waals surface area contributed by atoms with Crippen molar-refractivity contribution in [3.8, 4) is 6.07 Å². The van der Waals surface area contributed by atoms with Gasteiger partial charge in [0.2, 0.25) is 5.91 Å². The van der Waals surface area contributed by atoms with E-state index < -0.39 is 5.91 Å². The van der Waals surface area contributed by atoms with Crippen molar-refractivity contribution < 1.29 is 9.59 Å². The summed E-state index contributed by atoms with van der Waals surface area (Å²) in [6, 6.07) is 5.27. The Hall–Kier alpha value is -2.37. The zero-order chi connectivity index (χ0) is 17.1. The number of nitrogens with zero attached hydrogens (tertiary/aromatic N) is 2. The lowest BCUT2D eigenvalue weighted by Crippen LogP contribution is -2.18. The Morgan fingerprint density at radius 2 is 2.29 bits per heavy atom. The molecule has 2 heterocycles. The number of rotatable bonds is 5. The monoisotopic (exact) mass is 358 g/mol. The molecule has 0 spiro atoms. The van der Waals surface area contributed by atoms with Crippen LogP contribution in [0, 0.1) is 11.3 Å². The number of amides is 2. The van der Waals surface area contributed by atoms with Crippen LogP contribution in [0.4, 0.5) is 5.00 Å². The summed E-state index contributed by atoms with van der Waals surface area (Å²) in [5, 5.41) is 12.8. The number of aryl methyl sites for hydroxylation is 1. The number of thioether (sulfide) groups is 1. The van der Waals surface area contributed by atoms with Gasteiger partial charge in [-0.1, -0.05) is 11.8 Å². The zero-order valence-corrected chi connectivity index (χ0v) is 14.3. The SMILES string of the molecule is N#Cc1ccnc(SCC(=O)Nc2sc3c(c2C(N)=O)CCC3)c1. The molecule has 8 heteroatoms. The molecule has 2 aromatic rings. The van der Waals surface area contributed by atoms with Gasteiger partial charge in [0.25, 0.3) is 5.91 Å². The number of pyridine rings is 1. The van der Waals surface area contributed by atoms with Crippen LogP contribution < -0.4 is 11.1 Å². The molecule has 0 fully saturated rings. The summed E-state index contributed by atoms with van der Waals surface area (Å²) in [7, 11) is 0. The van der Waals surface area contributed by atoms with Crippen molar-refractivity contribution in [2.45, 2.75) is 24.3 Å². The molecule has 0 aliphatic heterocycles. The molecule has 0 unspecified atom stereocenters. The predicted molar refractivity (Wildman–Crippen MR) is 93.2 cm³/mol. The van der Waals surface area contributed by atoms with Gasteiger partial charge in [0, 0.05) is 11.1 Å². The van der Waals surface area contributed by atoms with Crippen LogP contribution in [0.15, 0.2) is 23.4 Å². The number of nitrogens with one attached hydrogen (secondary N) is 1. The molecule has 0 radical (unpaired) electrons. The largest absolute Gasteiger partial charge is 0.365 e. The molecular formula is C16H14N4O2S2. The summed E-state index contributed by atoms with van der Waals surface area (Å²) >= 11 is 2.67. The average Bonchev–Trinajstić information content (AvgIpc) is 3.13. The minimum Gasteiger partial charge on any atom is -0.365 e. The van der Waals surface area contributed by atoms with E-state index in [1.807, 2.05) is 6.07 Å². The third-order valence-electron chi connectivity index (χ3n) is 3.64. The molecule has 0 atom stereocenters. The summed E-state index contributed by atoms with van der Waals surface area (Å²) in [5.41, 5.74) is 7.41. The van der Waals surface area contributed by atoms with E-state index in [0.717, 1.165) is 29.7 Å². The highest BCUT2D eigenvalue weighted by molar-refractivity contribution is 7.99. The standard InChI is InChI=1S/C16H14N4O2S2/c17-7-9-4-5-19-13(6-9)23-8-12(21)20-16-14(15(18)22)10-2-1-3-11(10)24-16/h4-6H,1-3,8H2,(H2,18,22)(H,20,21). The second kappa shape index (κ2) is 7.03. The second-order valence-electron chi connectivity index (χ2n) is 5.26. The van der Waals surface area contributed by atoms with Gasteiger partial charge in [0.05, 0.1) is 28.0 Å². The maximum Gasteiger partial charge on any atom is 0.251 e. The fraction of sp³-hybridized carbons (Fsp3) is 0.250. The van der Waals surface area contributed by atoms with Crippen LogP contribution in [0.3, 0.4) is 0 Å². The summed E-state index contributed by atoms with van der Waals surface area (Å²) in [5.74, 6) is -0.588. The van der Waals surface area contributed by atoms with Crippen LogP contribution in [0.2, 0.25) is 0 Å². The molecule has 6 nitrogen and oxygen atoms in total. The van der Waals surface area contributed by atoms with Gasteiger partial charge in [-0.25, -0.2) is 4.98 Å². The van der Waals surface area contributed by atoms with E-state index in [-0.39, 0.29) is 11.7 Å². The van der Waals surface area contributed by atoms with Crippen LogP contribution in [-0.2, 0) is 17.6 Å². The van der Waals surface area contributed by atoms with Gasteiger partial charge in [-0.05, 0) is 37.0 Å². The lowest BCUT2D eigenvalue weighted by atomic mass is 10.1. The first-order chi connectivity index (χ1) is 11.6. The Kier molecular flexibility index (Phi) is 4.83. The normalized spacial score (nSPS) is 12.5. The summed E-state index contributed by atoms with van der Waals surface area (Å²) in [6.07, 6.45) is 4.32. The number of aromatic nitrogens is 1. The Morgan fingerprint density at radius 1 is 1.46 bits per heavy atom. The molecule has 1 aliphatic rings. The number of anilines is 1. The number of hydrogen-bond acceptors (Lipinski definition) is 6. The molecule has 1 aliphatic carbocycles. The highest BCUT2D eigenvalue weighted by Crippen LogP contribution is 2.38. The molecule has 122 valence electrons. The molecule has 0 saturated heterocycles. The van der Waals surface area contributed by atoms with E-state index in [0.29, 0.717) is 21.2 Å². The van der Waals surface area contributed by atoms with Crippen molar-refractivity contribution >= 4 is 39.9 Å². The van der Waals surface area contributed by atoms with Gasteiger partial charge in [0.15, 0.2) is 0 Å². The van der Waals surface area contributed by atoms with Gasteiger partial charge >= 0.3 is 0 Å². The van der Waals surface area contributed by atoms with Crippen LogP contribution in [-0.4, -0.2) is 22.6 Å². The summed E-state index contributed by atoms with van der Waals surface area (Å²) in [6.45, 7) is 0. The van der Waals surface area contributed by atoms with E-state index in [4.69, 9.17) is 11.0 Å². The van der Waals surface area contributed by atoms with Gasteiger partial charge in [0.1, 0.15) is 5.00 Å². The number of nitrogens with two attached hydrogens (primary N) is 1. The van der Waals surface area contributed by atoms with Crippen molar-refractivity contribution in [3.63, 3.8) is 0 Å². The fourth-order valence-electron chi connectivity index (χ4n) is 2.61. The number of nitriles is 1. The summed E-state index contributed by atoms with van der Waals surface area (Å²) in [4.78, 5) is 29.1. The Morgan fingerprint density at radius 3 is 3.04 bits per heavy atom. The minimum absolute atomic E-state index is 0.142. The maximum absolute atomic E-state index is 12.2. The molecule has 3 N–H and O–H groups in total. The molecule has 24 heavy (non-hydrogen) atoms. The van der Waals surface area contributed by atoms with Crippen LogP contribution >= 0.6 is 23.1 Å². The van der Waals surface area contributed by atoms with Crippen LogP contribution in [0.5, 0.6) is 0 Å². The Balaban J connectivity index is 1.67. The van der Waals surface area contributed by atoms with Gasteiger partial charge < -0.3 is 11.1 Å². The van der Waals surface area contributed by atoms with E-state index >= 15 is 0 Å². The lowest BCUT2D eigenvalue weighted by molar-refractivity contribution is -0.113. The van der Waals surface area contributed by atoms with Gasteiger partial charge in [-0.15, -0.1) is 11.3 Å². The average molecular weight is 358 g/mol. The Bertz CT molecular complexity index is 854. The summed E-state index contributed by atoms with van der Waals surface area (Å²) < 4.78 is 0. The quantitative estimate of drug-likeness (QED) is 0.797. The maximum atomic E-state index is 12.2. The number of primary amides is 1. The number of fused-ring (bicyclic) bond motifs is 1. The number of thiophene rings is 1. The predicted octanol–water partition coefficient (Wildman–Crippen LogP) is 2.33. The first-order valence-electron chi connectivity index (χ1n) is 7.31. The number of carbonyl (C=O) groups excluding carboxylic acids is 2.